The van der Waals surface area contributed by atoms with E-state index in [1.807, 2.05) is 0 Å². The zero-order chi connectivity index (χ0) is 15.3. The number of rotatable bonds is 4. The summed E-state index contributed by atoms with van der Waals surface area (Å²) in [7, 11) is 0. The lowest BCUT2D eigenvalue weighted by atomic mass is 10.2. The number of hydrogen-bond donors (Lipinski definition) is 2. The van der Waals surface area contributed by atoms with Gasteiger partial charge in [0.1, 0.15) is 18.2 Å². The molecule has 0 fully saturated rings. The van der Waals surface area contributed by atoms with Crippen molar-refractivity contribution in [2.45, 2.75) is 51.9 Å². The molecule has 0 rings (SSSR count). The van der Waals surface area contributed by atoms with Crippen LogP contribution in [-0.4, -0.2) is 36.4 Å². The Morgan fingerprint density at radius 3 is 2.11 bits per heavy atom. The van der Waals surface area contributed by atoms with Gasteiger partial charge >= 0.3 is 12.3 Å². The van der Waals surface area contributed by atoms with Crippen molar-refractivity contribution in [3.63, 3.8) is 0 Å². The molecule has 0 radical (unpaired) electrons. The Labute approximate surface area is 109 Å². The third-order valence-electron chi connectivity index (χ3n) is 1.88. The molecule has 0 spiro atoms. The van der Waals surface area contributed by atoms with Crippen molar-refractivity contribution in [1.82, 2.24) is 10.6 Å². The topological polar surface area (TPSA) is 67.4 Å². The number of alkyl halides is 3. The summed E-state index contributed by atoms with van der Waals surface area (Å²) in [4.78, 5) is 22.8. The summed E-state index contributed by atoms with van der Waals surface area (Å²) in [6.45, 7) is 5.04. The predicted molar refractivity (Wildman–Crippen MR) is 62.5 cm³/mol. The number of alkyl carbamates (subject to hydrolysis) is 1. The predicted octanol–water partition coefficient (Wildman–Crippen LogP) is 1.97. The Morgan fingerprint density at radius 2 is 1.74 bits per heavy atom. The highest BCUT2D eigenvalue weighted by Gasteiger charge is 2.30. The Hall–Kier alpha value is -1.47. The number of hydrogen-bond acceptors (Lipinski definition) is 3. The monoisotopic (exact) mass is 284 g/mol. The lowest BCUT2D eigenvalue weighted by Gasteiger charge is -2.22. The van der Waals surface area contributed by atoms with Gasteiger partial charge in [0.25, 0.3) is 0 Å². The second kappa shape index (κ2) is 6.63. The first kappa shape index (κ1) is 17.5. The molecule has 0 saturated heterocycles. The van der Waals surface area contributed by atoms with E-state index < -0.39 is 36.4 Å². The molecule has 0 bridgehead atoms. The highest BCUT2D eigenvalue weighted by molar-refractivity contribution is 5.85. The number of ether oxygens (including phenoxy) is 1. The normalized spacial score (nSPS) is 13.6. The van der Waals surface area contributed by atoms with Crippen LogP contribution in [0.5, 0.6) is 0 Å². The molecule has 1 atom stereocenters. The zero-order valence-corrected chi connectivity index (χ0v) is 11.4. The fourth-order valence-electron chi connectivity index (χ4n) is 1.11. The van der Waals surface area contributed by atoms with Gasteiger partial charge in [0, 0.05) is 0 Å². The quantitative estimate of drug-likeness (QED) is 0.829. The number of nitrogens with one attached hydrogen (secondary N) is 2. The molecule has 0 aliphatic carbocycles. The Balaban J connectivity index is 4.34. The number of carbonyl (C=O) groups excluding carboxylic acids is 2. The van der Waals surface area contributed by atoms with Crippen molar-refractivity contribution in [1.29, 1.82) is 0 Å². The molecule has 0 heterocycles. The number of amides is 2. The van der Waals surface area contributed by atoms with Crippen LogP contribution in [0, 0.1) is 0 Å². The minimum atomic E-state index is -4.49. The lowest BCUT2D eigenvalue weighted by Crippen LogP contribution is -2.49. The van der Waals surface area contributed by atoms with Gasteiger partial charge in [-0.15, -0.1) is 0 Å². The van der Waals surface area contributed by atoms with E-state index in [0.717, 1.165) is 0 Å². The Bertz CT molecular complexity index is 324. The zero-order valence-electron chi connectivity index (χ0n) is 11.4. The first-order chi connectivity index (χ1) is 8.44. The van der Waals surface area contributed by atoms with E-state index in [-0.39, 0.29) is 6.42 Å². The first-order valence-corrected chi connectivity index (χ1v) is 5.78. The highest BCUT2D eigenvalue weighted by Crippen LogP contribution is 2.12. The van der Waals surface area contributed by atoms with E-state index >= 15 is 0 Å². The minimum absolute atomic E-state index is 0.156. The first-order valence-electron chi connectivity index (χ1n) is 5.78. The van der Waals surface area contributed by atoms with Crippen LogP contribution in [0.15, 0.2) is 0 Å². The molecule has 112 valence electrons. The summed E-state index contributed by atoms with van der Waals surface area (Å²) in [6.07, 6.45) is -5.18. The van der Waals surface area contributed by atoms with Gasteiger partial charge < -0.3 is 15.4 Å². The molecule has 0 aliphatic rings. The van der Waals surface area contributed by atoms with E-state index in [4.69, 9.17) is 4.74 Å². The van der Waals surface area contributed by atoms with Crippen LogP contribution < -0.4 is 10.6 Å². The summed E-state index contributed by atoms with van der Waals surface area (Å²) in [6, 6.07) is -1.06. The van der Waals surface area contributed by atoms with Gasteiger partial charge in [0.05, 0.1) is 0 Å². The lowest BCUT2D eigenvalue weighted by molar-refractivity contribution is -0.139. The van der Waals surface area contributed by atoms with Crippen LogP contribution in [0.1, 0.15) is 34.1 Å². The average Bonchev–Trinajstić information content (AvgIpc) is 2.18. The van der Waals surface area contributed by atoms with Gasteiger partial charge in [-0.3, -0.25) is 4.79 Å². The Kier molecular flexibility index (Phi) is 6.11. The second-order valence-electron chi connectivity index (χ2n) is 4.94. The van der Waals surface area contributed by atoms with Crippen LogP contribution in [0.3, 0.4) is 0 Å². The van der Waals surface area contributed by atoms with E-state index in [1.165, 1.54) is 0 Å². The maximum atomic E-state index is 11.9. The number of carbonyl (C=O) groups is 2. The van der Waals surface area contributed by atoms with Crippen molar-refractivity contribution in [2.75, 3.05) is 6.54 Å². The molecule has 0 aromatic rings. The Morgan fingerprint density at radius 1 is 1.21 bits per heavy atom. The molecule has 5 nitrogen and oxygen atoms in total. The maximum Gasteiger partial charge on any atom is 0.408 e. The number of halogens is 3. The summed E-state index contributed by atoms with van der Waals surface area (Å²) in [5, 5.41) is 3.93. The van der Waals surface area contributed by atoms with E-state index in [2.05, 4.69) is 5.32 Å². The summed E-state index contributed by atoms with van der Waals surface area (Å²) < 4.78 is 40.7. The molecular weight excluding hydrogens is 265 g/mol. The molecule has 0 aromatic carbocycles. The van der Waals surface area contributed by atoms with Crippen LogP contribution in [0.2, 0.25) is 0 Å². The van der Waals surface area contributed by atoms with Gasteiger partial charge in [0.15, 0.2) is 0 Å². The standard InChI is InChI=1S/C11H19F3N2O3/c1-5-7(8(17)15-6-11(12,13)14)16-9(18)19-10(2,3)4/h7H,5-6H2,1-4H3,(H,15,17)(H,16,18)/t7-/m0/s1. The molecular formula is C11H19F3N2O3. The average molecular weight is 284 g/mol. The van der Waals surface area contributed by atoms with Gasteiger partial charge in [-0.2, -0.15) is 13.2 Å². The van der Waals surface area contributed by atoms with Crippen LogP contribution in [0.4, 0.5) is 18.0 Å². The van der Waals surface area contributed by atoms with Crippen molar-refractivity contribution in [3.05, 3.63) is 0 Å². The van der Waals surface area contributed by atoms with Crippen molar-refractivity contribution >= 4 is 12.0 Å². The van der Waals surface area contributed by atoms with Gasteiger partial charge in [-0.05, 0) is 27.2 Å². The van der Waals surface area contributed by atoms with Gasteiger partial charge in [0.2, 0.25) is 5.91 Å². The largest absolute Gasteiger partial charge is 0.444 e. The van der Waals surface area contributed by atoms with Crippen molar-refractivity contribution in [3.8, 4) is 0 Å². The third kappa shape index (κ3) is 9.15. The van der Waals surface area contributed by atoms with E-state index in [0.29, 0.717) is 0 Å². The molecule has 0 saturated carbocycles. The van der Waals surface area contributed by atoms with Gasteiger partial charge in [-0.1, -0.05) is 6.92 Å². The van der Waals surface area contributed by atoms with Crippen LogP contribution >= 0.6 is 0 Å². The molecule has 2 N–H and O–H groups in total. The van der Waals surface area contributed by atoms with Crippen LogP contribution in [0.25, 0.3) is 0 Å². The fraction of sp³-hybridized carbons (Fsp3) is 0.818. The van der Waals surface area contributed by atoms with Crippen molar-refractivity contribution in [2.24, 2.45) is 0 Å². The summed E-state index contributed by atoms with van der Waals surface area (Å²) in [5.74, 6) is -0.898. The SMILES string of the molecule is CC[C@H](NC(=O)OC(C)(C)C)C(=O)NCC(F)(F)F. The smallest absolute Gasteiger partial charge is 0.408 e. The molecule has 0 aromatic heterocycles. The maximum absolute atomic E-state index is 11.9. The second-order valence-corrected chi connectivity index (χ2v) is 4.94. The summed E-state index contributed by atoms with van der Waals surface area (Å²) in [5.41, 5.74) is -0.745. The third-order valence-corrected chi connectivity index (χ3v) is 1.88. The molecule has 8 heteroatoms. The minimum Gasteiger partial charge on any atom is -0.444 e. The van der Waals surface area contributed by atoms with Crippen molar-refractivity contribution < 1.29 is 27.5 Å². The van der Waals surface area contributed by atoms with Gasteiger partial charge in [-0.25, -0.2) is 4.79 Å². The molecule has 0 unspecified atom stereocenters. The van der Waals surface area contributed by atoms with Crippen LogP contribution in [-0.2, 0) is 9.53 Å². The van der Waals surface area contributed by atoms with E-state index in [1.54, 1.807) is 33.0 Å². The van der Waals surface area contributed by atoms with E-state index in [9.17, 15) is 22.8 Å². The fourth-order valence-corrected chi connectivity index (χ4v) is 1.11. The molecule has 2 amide bonds. The highest BCUT2D eigenvalue weighted by atomic mass is 19.4. The summed E-state index contributed by atoms with van der Waals surface area (Å²) >= 11 is 0. The molecule has 0 aliphatic heterocycles. The molecule has 19 heavy (non-hydrogen) atoms.